The predicted molar refractivity (Wildman–Crippen MR) is 103 cm³/mol. The average molecular weight is 385 g/mol. The van der Waals surface area contributed by atoms with E-state index < -0.39 is 0 Å². The van der Waals surface area contributed by atoms with E-state index >= 15 is 0 Å². The summed E-state index contributed by atoms with van der Waals surface area (Å²) in [4.78, 5) is 31.1. The number of piperazine rings is 1. The summed E-state index contributed by atoms with van der Waals surface area (Å²) in [5.74, 6) is 0.857. The standard InChI is InChI=1S/C21H24FN3O3/c1-14-9-18(15(2)28-14)20(27)24-8-7-21(12-24)13-25(19(26)11-23(21)3)17-6-4-5-16(22)10-17/h4-6,9-10H,7-8,11-13H2,1-3H3/t21-/m1/s1. The molecule has 2 amide bonds. The molecule has 4 rings (SSSR count). The van der Waals surface area contributed by atoms with Crippen LogP contribution in [0, 0.1) is 19.7 Å². The second kappa shape index (κ2) is 6.74. The van der Waals surface area contributed by atoms with Crippen molar-refractivity contribution in [2.75, 3.05) is 38.1 Å². The lowest BCUT2D eigenvalue weighted by molar-refractivity contribution is -0.123. The van der Waals surface area contributed by atoms with Gasteiger partial charge in [0.15, 0.2) is 0 Å². The monoisotopic (exact) mass is 385 g/mol. The summed E-state index contributed by atoms with van der Waals surface area (Å²) in [6, 6.07) is 7.88. The smallest absolute Gasteiger partial charge is 0.257 e. The highest BCUT2D eigenvalue weighted by Crippen LogP contribution is 2.34. The van der Waals surface area contributed by atoms with Crippen LogP contribution in [0.3, 0.4) is 0 Å². The largest absolute Gasteiger partial charge is 0.466 e. The number of nitrogens with zero attached hydrogens (tertiary/aromatic N) is 3. The van der Waals surface area contributed by atoms with Crippen LogP contribution in [0.2, 0.25) is 0 Å². The third-order valence-corrected chi connectivity index (χ3v) is 5.95. The molecule has 0 aliphatic carbocycles. The van der Waals surface area contributed by atoms with E-state index in [1.807, 2.05) is 23.8 Å². The van der Waals surface area contributed by atoms with Gasteiger partial charge in [0.2, 0.25) is 5.91 Å². The molecule has 2 aliphatic rings. The van der Waals surface area contributed by atoms with Gasteiger partial charge in [-0.25, -0.2) is 4.39 Å². The van der Waals surface area contributed by atoms with Gasteiger partial charge in [-0.15, -0.1) is 0 Å². The molecular formula is C21H24FN3O3. The highest BCUT2D eigenvalue weighted by Gasteiger charge is 2.49. The van der Waals surface area contributed by atoms with Crippen LogP contribution in [0.4, 0.5) is 10.1 Å². The Morgan fingerprint density at radius 3 is 2.68 bits per heavy atom. The number of likely N-dealkylation sites (N-methyl/N-ethyl adjacent to an activating group) is 1. The molecule has 2 aromatic rings. The Morgan fingerprint density at radius 1 is 1.21 bits per heavy atom. The summed E-state index contributed by atoms with van der Waals surface area (Å²) >= 11 is 0. The van der Waals surface area contributed by atoms with Crippen LogP contribution in [-0.2, 0) is 4.79 Å². The minimum absolute atomic E-state index is 0.0474. The molecule has 28 heavy (non-hydrogen) atoms. The fraction of sp³-hybridized carbons (Fsp3) is 0.429. The number of halogens is 1. The summed E-state index contributed by atoms with van der Waals surface area (Å²) in [7, 11) is 1.92. The molecule has 2 saturated heterocycles. The first-order chi connectivity index (χ1) is 13.3. The quantitative estimate of drug-likeness (QED) is 0.797. The Bertz CT molecular complexity index is 941. The molecule has 2 aliphatic heterocycles. The highest BCUT2D eigenvalue weighted by molar-refractivity contribution is 5.97. The number of rotatable bonds is 2. The summed E-state index contributed by atoms with van der Waals surface area (Å²) in [5.41, 5.74) is 0.803. The fourth-order valence-electron chi connectivity index (χ4n) is 4.32. The van der Waals surface area contributed by atoms with Crippen LogP contribution >= 0.6 is 0 Å². The SMILES string of the molecule is Cc1cc(C(=O)N2CC[C@@]3(C2)CN(c2cccc(F)c2)C(=O)CN3C)c(C)o1. The van der Waals surface area contributed by atoms with Gasteiger partial charge in [-0.2, -0.15) is 0 Å². The molecule has 0 saturated carbocycles. The molecule has 148 valence electrons. The minimum atomic E-state index is -0.368. The first kappa shape index (κ1) is 18.7. The van der Waals surface area contributed by atoms with Crippen molar-refractivity contribution in [2.45, 2.75) is 25.8 Å². The van der Waals surface area contributed by atoms with Crippen molar-refractivity contribution in [1.82, 2.24) is 9.80 Å². The maximum absolute atomic E-state index is 13.7. The average Bonchev–Trinajstić information content (AvgIpc) is 3.22. The van der Waals surface area contributed by atoms with E-state index in [1.165, 1.54) is 12.1 Å². The van der Waals surface area contributed by atoms with Crippen LogP contribution in [0.5, 0.6) is 0 Å². The third kappa shape index (κ3) is 3.09. The zero-order valence-corrected chi connectivity index (χ0v) is 16.4. The first-order valence-electron chi connectivity index (χ1n) is 9.42. The summed E-state index contributed by atoms with van der Waals surface area (Å²) < 4.78 is 19.2. The molecule has 1 spiro atoms. The van der Waals surface area contributed by atoms with Crippen LogP contribution < -0.4 is 4.90 Å². The maximum atomic E-state index is 13.7. The number of amides is 2. The van der Waals surface area contributed by atoms with Gasteiger partial charge in [-0.05, 0) is 51.6 Å². The van der Waals surface area contributed by atoms with Crippen LogP contribution in [0.25, 0.3) is 0 Å². The zero-order valence-electron chi connectivity index (χ0n) is 16.4. The van der Waals surface area contributed by atoms with Crippen molar-refractivity contribution in [3.63, 3.8) is 0 Å². The number of hydrogen-bond acceptors (Lipinski definition) is 4. The van der Waals surface area contributed by atoms with Gasteiger partial charge >= 0.3 is 0 Å². The van der Waals surface area contributed by atoms with Crippen molar-refractivity contribution in [3.8, 4) is 0 Å². The molecule has 0 unspecified atom stereocenters. The molecule has 2 fully saturated rings. The Balaban J connectivity index is 1.58. The number of hydrogen-bond donors (Lipinski definition) is 0. The molecule has 3 heterocycles. The summed E-state index contributed by atoms with van der Waals surface area (Å²) in [6.07, 6.45) is 0.754. The maximum Gasteiger partial charge on any atom is 0.257 e. The fourth-order valence-corrected chi connectivity index (χ4v) is 4.32. The number of carbonyl (C=O) groups excluding carboxylic acids is 2. The minimum Gasteiger partial charge on any atom is -0.466 e. The van der Waals surface area contributed by atoms with Crippen molar-refractivity contribution in [2.24, 2.45) is 0 Å². The molecule has 1 atom stereocenters. The van der Waals surface area contributed by atoms with E-state index in [9.17, 15) is 14.0 Å². The van der Waals surface area contributed by atoms with Gasteiger partial charge in [0, 0.05) is 25.3 Å². The Morgan fingerprint density at radius 2 is 2.00 bits per heavy atom. The Kier molecular flexibility index (Phi) is 4.50. The number of anilines is 1. The second-order valence-corrected chi connectivity index (χ2v) is 7.84. The molecular weight excluding hydrogens is 361 g/mol. The van der Waals surface area contributed by atoms with Crippen LogP contribution in [-0.4, -0.2) is 60.4 Å². The number of benzene rings is 1. The van der Waals surface area contributed by atoms with Crippen molar-refractivity contribution in [1.29, 1.82) is 0 Å². The van der Waals surface area contributed by atoms with Crippen LogP contribution in [0.15, 0.2) is 34.7 Å². The molecule has 1 aromatic carbocycles. The second-order valence-electron chi connectivity index (χ2n) is 7.84. The number of aryl methyl sites for hydroxylation is 2. The third-order valence-electron chi connectivity index (χ3n) is 5.95. The molecule has 0 N–H and O–H groups in total. The van der Waals surface area contributed by atoms with Gasteiger partial charge in [0.05, 0.1) is 17.6 Å². The Hall–Kier alpha value is -2.67. The lowest BCUT2D eigenvalue weighted by Gasteiger charge is -2.46. The van der Waals surface area contributed by atoms with E-state index in [0.29, 0.717) is 42.4 Å². The molecule has 0 radical (unpaired) electrons. The Labute approximate surface area is 163 Å². The van der Waals surface area contributed by atoms with Crippen molar-refractivity contribution in [3.05, 3.63) is 53.2 Å². The molecule has 6 nitrogen and oxygen atoms in total. The van der Waals surface area contributed by atoms with E-state index in [4.69, 9.17) is 4.42 Å². The van der Waals surface area contributed by atoms with Crippen molar-refractivity contribution < 1.29 is 18.4 Å². The molecule has 0 bridgehead atoms. The lowest BCUT2D eigenvalue weighted by Crippen LogP contribution is -2.64. The van der Waals surface area contributed by atoms with Crippen LogP contribution in [0.1, 0.15) is 28.3 Å². The van der Waals surface area contributed by atoms with E-state index in [2.05, 4.69) is 0 Å². The van der Waals surface area contributed by atoms with Gasteiger partial charge in [-0.1, -0.05) is 6.07 Å². The first-order valence-corrected chi connectivity index (χ1v) is 9.42. The van der Waals surface area contributed by atoms with Gasteiger partial charge < -0.3 is 14.2 Å². The van der Waals surface area contributed by atoms with E-state index in [1.54, 1.807) is 30.0 Å². The van der Waals surface area contributed by atoms with Gasteiger partial charge in [0.1, 0.15) is 17.3 Å². The molecule has 7 heteroatoms. The normalized spacial score (nSPS) is 23.1. The number of carbonyl (C=O) groups is 2. The van der Waals surface area contributed by atoms with Crippen molar-refractivity contribution >= 4 is 17.5 Å². The summed E-state index contributed by atoms with van der Waals surface area (Å²) in [6.45, 7) is 5.42. The number of likely N-dealkylation sites (tertiary alicyclic amines) is 1. The number of furan rings is 1. The topological polar surface area (TPSA) is 57.0 Å². The highest BCUT2D eigenvalue weighted by atomic mass is 19.1. The van der Waals surface area contributed by atoms with E-state index in [0.717, 1.165) is 6.42 Å². The predicted octanol–water partition coefficient (Wildman–Crippen LogP) is 2.60. The lowest BCUT2D eigenvalue weighted by atomic mass is 9.92. The van der Waals surface area contributed by atoms with E-state index in [-0.39, 0.29) is 29.7 Å². The van der Waals surface area contributed by atoms with Gasteiger partial charge in [0.25, 0.3) is 5.91 Å². The molecule has 1 aromatic heterocycles. The summed E-state index contributed by atoms with van der Waals surface area (Å²) in [5, 5.41) is 0. The zero-order chi connectivity index (χ0) is 20.1. The van der Waals surface area contributed by atoms with Gasteiger partial charge in [-0.3, -0.25) is 14.5 Å².